The molecule has 1 aliphatic rings. The fraction of sp³-hybridized carbons (Fsp3) is 0.500. The fourth-order valence-electron chi connectivity index (χ4n) is 2.61. The van der Waals surface area contributed by atoms with Crippen LogP contribution in [-0.2, 0) is 4.74 Å². The standard InChI is InChI=1S/C16H21N3O3/c1-11-10-19(8-9-21-11)12(2)15-17-18-16(22-15)13-4-6-14(20-3)7-5-13/h4-7,11-12H,8-10H2,1-3H3/t11-,12-/m1/s1. The molecule has 1 aromatic carbocycles. The molecule has 6 heteroatoms. The molecule has 0 radical (unpaired) electrons. The molecule has 1 aromatic heterocycles. The maximum atomic E-state index is 5.85. The van der Waals surface area contributed by atoms with Crippen molar-refractivity contribution < 1.29 is 13.9 Å². The summed E-state index contributed by atoms with van der Waals surface area (Å²) < 4.78 is 16.6. The second kappa shape index (κ2) is 6.46. The molecule has 3 rings (SSSR count). The van der Waals surface area contributed by atoms with Crippen LogP contribution in [0.4, 0.5) is 0 Å². The smallest absolute Gasteiger partial charge is 0.247 e. The van der Waals surface area contributed by atoms with Crippen LogP contribution >= 0.6 is 0 Å². The molecule has 0 bridgehead atoms. The van der Waals surface area contributed by atoms with Crippen molar-refractivity contribution in [1.82, 2.24) is 15.1 Å². The van der Waals surface area contributed by atoms with Crippen LogP contribution in [0.25, 0.3) is 11.5 Å². The molecule has 2 atom stereocenters. The first-order chi connectivity index (χ1) is 10.7. The van der Waals surface area contributed by atoms with Gasteiger partial charge in [-0.1, -0.05) is 0 Å². The van der Waals surface area contributed by atoms with Crippen LogP contribution < -0.4 is 4.74 Å². The maximum absolute atomic E-state index is 5.85. The third-order valence-corrected chi connectivity index (χ3v) is 3.96. The Balaban J connectivity index is 1.74. The minimum absolute atomic E-state index is 0.0887. The molecule has 0 spiro atoms. The lowest BCUT2D eigenvalue weighted by atomic mass is 10.2. The van der Waals surface area contributed by atoms with Gasteiger partial charge in [0.25, 0.3) is 0 Å². The number of methoxy groups -OCH3 is 1. The van der Waals surface area contributed by atoms with E-state index in [0.29, 0.717) is 11.8 Å². The Kier molecular flexibility index (Phi) is 4.40. The Hall–Kier alpha value is -1.92. The average Bonchev–Trinajstić information content (AvgIpc) is 3.04. The zero-order valence-electron chi connectivity index (χ0n) is 13.2. The number of hydrogen-bond acceptors (Lipinski definition) is 6. The van der Waals surface area contributed by atoms with Gasteiger partial charge in [0, 0.05) is 18.7 Å². The molecule has 118 valence electrons. The number of ether oxygens (including phenoxy) is 2. The van der Waals surface area contributed by atoms with E-state index in [4.69, 9.17) is 13.9 Å². The average molecular weight is 303 g/mol. The van der Waals surface area contributed by atoms with E-state index < -0.39 is 0 Å². The van der Waals surface area contributed by atoms with Crippen molar-refractivity contribution in [3.05, 3.63) is 30.2 Å². The first-order valence-corrected chi connectivity index (χ1v) is 7.51. The Morgan fingerprint density at radius 1 is 1.27 bits per heavy atom. The van der Waals surface area contributed by atoms with E-state index in [2.05, 4.69) is 28.9 Å². The van der Waals surface area contributed by atoms with Gasteiger partial charge >= 0.3 is 0 Å². The van der Waals surface area contributed by atoms with Gasteiger partial charge in [-0.3, -0.25) is 4.90 Å². The zero-order valence-corrected chi connectivity index (χ0v) is 13.2. The van der Waals surface area contributed by atoms with E-state index in [-0.39, 0.29) is 12.1 Å². The van der Waals surface area contributed by atoms with Crippen LogP contribution in [0.5, 0.6) is 5.75 Å². The van der Waals surface area contributed by atoms with Gasteiger partial charge in [0.2, 0.25) is 11.8 Å². The van der Waals surface area contributed by atoms with Crippen molar-refractivity contribution in [2.24, 2.45) is 0 Å². The van der Waals surface area contributed by atoms with E-state index in [1.807, 2.05) is 24.3 Å². The second-order valence-corrected chi connectivity index (χ2v) is 5.53. The summed E-state index contributed by atoms with van der Waals surface area (Å²) in [7, 11) is 1.64. The minimum atomic E-state index is 0.0887. The van der Waals surface area contributed by atoms with Crippen LogP contribution in [0, 0.1) is 0 Å². The number of morpholine rings is 1. The quantitative estimate of drug-likeness (QED) is 0.865. The third kappa shape index (κ3) is 3.13. The van der Waals surface area contributed by atoms with E-state index in [0.717, 1.165) is 31.0 Å². The van der Waals surface area contributed by atoms with Crippen LogP contribution in [0.15, 0.2) is 28.7 Å². The number of hydrogen-bond donors (Lipinski definition) is 0. The number of benzene rings is 1. The topological polar surface area (TPSA) is 60.6 Å². The molecular weight excluding hydrogens is 282 g/mol. The number of rotatable bonds is 4. The predicted molar refractivity (Wildman–Crippen MR) is 81.7 cm³/mol. The zero-order chi connectivity index (χ0) is 15.5. The first-order valence-electron chi connectivity index (χ1n) is 7.51. The SMILES string of the molecule is COc1ccc(-c2nnc([C@@H](C)N3CCO[C@H](C)C3)o2)cc1. The van der Waals surface area contributed by atoms with Crippen molar-refractivity contribution in [1.29, 1.82) is 0 Å². The van der Waals surface area contributed by atoms with Gasteiger partial charge in [-0.15, -0.1) is 10.2 Å². The highest BCUT2D eigenvalue weighted by molar-refractivity contribution is 5.53. The van der Waals surface area contributed by atoms with E-state index in [9.17, 15) is 0 Å². The Labute approximate surface area is 130 Å². The molecule has 0 aliphatic carbocycles. The summed E-state index contributed by atoms with van der Waals surface area (Å²) >= 11 is 0. The van der Waals surface area contributed by atoms with E-state index in [1.54, 1.807) is 7.11 Å². The maximum Gasteiger partial charge on any atom is 0.247 e. The highest BCUT2D eigenvalue weighted by Crippen LogP contribution is 2.26. The van der Waals surface area contributed by atoms with E-state index in [1.165, 1.54) is 0 Å². The summed E-state index contributed by atoms with van der Waals surface area (Å²) in [5.74, 6) is 1.98. The monoisotopic (exact) mass is 303 g/mol. The molecule has 1 saturated heterocycles. The lowest BCUT2D eigenvalue weighted by Gasteiger charge is -2.33. The van der Waals surface area contributed by atoms with Crippen LogP contribution in [0.2, 0.25) is 0 Å². The molecule has 0 N–H and O–H groups in total. The van der Waals surface area contributed by atoms with Gasteiger partial charge < -0.3 is 13.9 Å². The largest absolute Gasteiger partial charge is 0.497 e. The second-order valence-electron chi connectivity index (χ2n) is 5.53. The molecule has 0 unspecified atom stereocenters. The summed E-state index contributed by atoms with van der Waals surface area (Å²) in [6.07, 6.45) is 0.236. The predicted octanol–water partition coefficient (Wildman–Crippen LogP) is 2.53. The normalized spacial score (nSPS) is 20.8. The molecule has 2 aromatic rings. The highest BCUT2D eigenvalue weighted by atomic mass is 16.5. The Morgan fingerprint density at radius 3 is 2.73 bits per heavy atom. The van der Waals surface area contributed by atoms with Gasteiger partial charge in [0.05, 0.1) is 25.9 Å². The van der Waals surface area contributed by atoms with Crippen LogP contribution in [0.3, 0.4) is 0 Å². The molecule has 1 aliphatic heterocycles. The molecule has 1 fully saturated rings. The van der Waals surface area contributed by atoms with Crippen molar-refractivity contribution in [2.45, 2.75) is 26.0 Å². The van der Waals surface area contributed by atoms with Gasteiger partial charge in [0.15, 0.2) is 0 Å². The summed E-state index contributed by atoms with van der Waals surface area (Å²) in [6.45, 7) is 6.66. The Morgan fingerprint density at radius 2 is 2.05 bits per heavy atom. The van der Waals surface area contributed by atoms with Crippen molar-refractivity contribution in [3.63, 3.8) is 0 Å². The minimum Gasteiger partial charge on any atom is -0.497 e. The number of aromatic nitrogens is 2. The van der Waals surface area contributed by atoms with Gasteiger partial charge in [-0.05, 0) is 38.1 Å². The van der Waals surface area contributed by atoms with E-state index >= 15 is 0 Å². The third-order valence-electron chi connectivity index (χ3n) is 3.96. The fourth-order valence-corrected chi connectivity index (χ4v) is 2.61. The molecule has 22 heavy (non-hydrogen) atoms. The molecule has 6 nitrogen and oxygen atoms in total. The highest BCUT2D eigenvalue weighted by Gasteiger charge is 2.26. The van der Waals surface area contributed by atoms with Crippen LogP contribution in [0.1, 0.15) is 25.8 Å². The molecule has 0 amide bonds. The van der Waals surface area contributed by atoms with Crippen molar-refractivity contribution in [2.75, 3.05) is 26.8 Å². The summed E-state index contributed by atoms with van der Waals surface area (Å²) in [5, 5.41) is 8.37. The molecule has 0 saturated carbocycles. The molecule has 2 heterocycles. The summed E-state index contributed by atoms with van der Waals surface area (Å²) in [4.78, 5) is 2.31. The Bertz CT molecular complexity index is 611. The lowest BCUT2D eigenvalue weighted by molar-refractivity contribution is -0.0354. The first kappa shape index (κ1) is 15.0. The van der Waals surface area contributed by atoms with Crippen molar-refractivity contribution in [3.8, 4) is 17.2 Å². The molecular formula is C16H21N3O3. The van der Waals surface area contributed by atoms with Crippen molar-refractivity contribution >= 4 is 0 Å². The number of nitrogens with zero attached hydrogens (tertiary/aromatic N) is 3. The van der Waals surface area contributed by atoms with Gasteiger partial charge in [0.1, 0.15) is 5.75 Å². The summed E-state index contributed by atoms with van der Waals surface area (Å²) in [6, 6.07) is 7.68. The van der Waals surface area contributed by atoms with Gasteiger partial charge in [-0.25, -0.2) is 0 Å². The van der Waals surface area contributed by atoms with Gasteiger partial charge in [-0.2, -0.15) is 0 Å². The van der Waals surface area contributed by atoms with Crippen LogP contribution in [-0.4, -0.2) is 48.0 Å². The lowest BCUT2D eigenvalue weighted by Crippen LogP contribution is -2.42. The summed E-state index contributed by atoms with van der Waals surface area (Å²) in [5.41, 5.74) is 0.891.